The lowest BCUT2D eigenvalue weighted by Gasteiger charge is -2.27. The van der Waals surface area contributed by atoms with Crippen LogP contribution in [0.2, 0.25) is 0 Å². The fourth-order valence-electron chi connectivity index (χ4n) is 1.62. The summed E-state index contributed by atoms with van der Waals surface area (Å²) in [4.78, 5) is 13.5. The molecule has 0 heterocycles. The Hall–Kier alpha value is -0.770. The van der Waals surface area contributed by atoms with E-state index in [1.54, 1.807) is 11.9 Å². The van der Waals surface area contributed by atoms with Crippen LogP contribution in [0.1, 0.15) is 47.5 Å². The summed E-state index contributed by atoms with van der Waals surface area (Å²) in [6.07, 6.45) is 1.77. The third-order valence-corrected chi connectivity index (χ3v) is 2.69. The summed E-state index contributed by atoms with van der Waals surface area (Å²) in [6.45, 7) is 12.0. The number of amides is 1. The lowest BCUT2D eigenvalue weighted by molar-refractivity contribution is 0.0258. The van der Waals surface area contributed by atoms with Crippen molar-refractivity contribution in [2.24, 2.45) is 5.92 Å². The quantitative estimate of drug-likeness (QED) is 0.658. The van der Waals surface area contributed by atoms with E-state index in [9.17, 15) is 4.79 Å². The topological polar surface area (TPSA) is 38.8 Å². The first-order valence-corrected chi connectivity index (χ1v) is 6.82. The molecule has 0 N–H and O–H groups in total. The van der Waals surface area contributed by atoms with Crippen molar-refractivity contribution in [2.75, 3.05) is 26.8 Å². The maximum atomic E-state index is 11.8. The first kappa shape index (κ1) is 17.2. The standard InChI is InChI=1S/C14H29NO3/c1-7-12(9-10-17-8-2)11-15(6)13(16)18-14(3,4)5/h12H,7-11H2,1-6H3. The van der Waals surface area contributed by atoms with E-state index in [-0.39, 0.29) is 6.09 Å². The van der Waals surface area contributed by atoms with E-state index in [1.807, 2.05) is 27.7 Å². The van der Waals surface area contributed by atoms with Gasteiger partial charge < -0.3 is 14.4 Å². The van der Waals surface area contributed by atoms with Gasteiger partial charge in [0, 0.05) is 26.8 Å². The molecule has 0 aliphatic carbocycles. The predicted molar refractivity (Wildman–Crippen MR) is 73.8 cm³/mol. The first-order chi connectivity index (χ1) is 8.30. The van der Waals surface area contributed by atoms with Crippen molar-refractivity contribution < 1.29 is 14.3 Å². The Labute approximate surface area is 112 Å². The van der Waals surface area contributed by atoms with Crippen molar-refractivity contribution in [1.29, 1.82) is 0 Å². The maximum absolute atomic E-state index is 11.8. The summed E-state index contributed by atoms with van der Waals surface area (Å²) in [5, 5.41) is 0. The number of nitrogens with zero attached hydrogens (tertiary/aromatic N) is 1. The van der Waals surface area contributed by atoms with Gasteiger partial charge in [-0.1, -0.05) is 13.3 Å². The molecule has 1 atom stereocenters. The van der Waals surface area contributed by atoms with E-state index in [0.717, 1.165) is 32.6 Å². The zero-order valence-corrected chi connectivity index (χ0v) is 12.8. The second kappa shape index (κ2) is 8.35. The van der Waals surface area contributed by atoms with Gasteiger partial charge in [0.05, 0.1) is 0 Å². The van der Waals surface area contributed by atoms with Crippen LogP contribution in [0.15, 0.2) is 0 Å². The van der Waals surface area contributed by atoms with Gasteiger partial charge in [-0.3, -0.25) is 0 Å². The molecule has 18 heavy (non-hydrogen) atoms. The smallest absolute Gasteiger partial charge is 0.410 e. The number of rotatable bonds is 7. The molecular weight excluding hydrogens is 230 g/mol. The molecule has 0 spiro atoms. The molecule has 1 amide bonds. The predicted octanol–water partition coefficient (Wildman–Crippen LogP) is 3.31. The van der Waals surface area contributed by atoms with Crippen LogP contribution in [0.4, 0.5) is 4.79 Å². The van der Waals surface area contributed by atoms with Crippen molar-refractivity contribution >= 4 is 6.09 Å². The van der Waals surface area contributed by atoms with Crippen LogP contribution in [-0.2, 0) is 9.47 Å². The van der Waals surface area contributed by atoms with E-state index < -0.39 is 5.60 Å². The molecule has 0 fully saturated rings. The Morgan fingerprint density at radius 3 is 2.33 bits per heavy atom. The highest BCUT2D eigenvalue weighted by atomic mass is 16.6. The van der Waals surface area contributed by atoms with Gasteiger partial charge in [-0.05, 0) is 40.0 Å². The zero-order valence-electron chi connectivity index (χ0n) is 12.8. The molecular formula is C14H29NO3. The summed E-state index contributed by atoms with van der Waals surface area (Å²) in [7, 11) is 1.79. The van der Waals surface area contributed by atoms with Gasteiger partial charge in [0.1, 0.15) is 5.60 Å². The summed E-state index contributed by atoms with van der Waals surface area (Å²) in [5.41, 5.74) is -0.432. The minimum atomic E-state index is -0.432. The van der Waals surface area contributed by atoms with E-state index in [0.29, 0.717) is 5.92 Å². The molecule has 0 saturated carbocycles. The van der Waals surface area contributed by atoms with Crippen LogP contribution in [0.25, 0.3) is 0 Å². The SMILES string of the molecule is CCOCCC(CC)CN(C)C(=O)OC(C)(C)C. The van der Waals surface area contributed by atoms with Crippen molar-refractivity contribution in [2.45, 2.75) is 53.1 Å². The molecule has 4 heteroatoms. The Morgan fingerprint density at radius 1 is 1.28 bits per heavy atom. The van der Waals surface area contributed by atoms with Gasteiger partial charge in [-0.2, -0.15) is 0 Å². The van der Waals surface area contributed by atoms with Gasteiger partial charge in [-0.25, -0.2) is 4.79 Å². The first-order valence-electron chi connectivity index (χ1n) is 6.82. The molecule has 0 rings (SSSR count). The average molecular weight is 259 g/mol. The molecule has 1 unspecified atom stereocenters. The summed E-state index contributed by atoms with van der Waals surface area (Å²) in [5.74, 6) is 0.467. The Bertz CT molecular complexity index is 236. The number of carbonyl (C=O) groups is 1. The third-order valence-electron chi connectivity index (χ3n) is 2.69. The Morgan fingerprint density at radius 2 is 1.89 bits per heavy atom. The average Bonchev–Trinajstić information content (AvgIpc) is 2.25. The van der Waals surface area contributed by atoms with Crippen LogP contribution in [0.3, 0.4) is 0 Å². The number of hydrogen-bond donors (Lipinski definition) is 0. The second-order valence-electron chi connectivity index (χ2n) is 5.62. The Kier molecular flexibility index (Phi) is 8.00. The van der Waals surface area contributed by atoms with Gasteiger partial charge in [0.25, 0.3) is 0 Å². The minimum absolute atomic E-state index is 0.252. The number of hydrogen-bond acceptors (Lipinski definition) is 3. The summed E-state index contributed by atoms with van der Waals surface area (Å²) in [6, 6.07) is 0. The molecule has 0 bridgehead atoms. The van der Waals surface area contributed by atoms with Gasteiger partial charge in [0.15, 0.2) is 0 Å². The molecule has 108 valence electrons. The molecule has 4 nitrogen and oxygen atoms in total. The molecule has 0 aromatic heterocycles. The fourth-order valence-corrected chi connectivity index (χ4v) is 1.62. The number of carbonyl (C=O) groups excluding carboxylic acids is 1. The minimum Gasteiger partial charge on any atom is -0.444 e. The van der Waals surface area contributed by atoms with E-state index in [2.05, 4.69) is 6.92 Å². The molecule has 0 aromatic carbocycles. The maximum Gasteiger partial charge on any atom is 0.410 e. The largest absolute Gasteiger partial charge is 0.444 e. The van der Waals surface area contributed by atoms with Crippen molar-refractivity contribution in [3.05, 3.63) is 0 Å². The van der Waals surface area contributed by atoms with Crippen molar-refractivity contribution in [3.63, 3.8) is 0 Å². The summed E-state index contributed by atoms with van der Waals surface area (Å²) >= 11 is 0. The van der Waals surface area contributed by atoms with Crippen molar-refractivity contribution in [1.82, 2.24) is 4.90 Å². The van der Waals surface area contributed by atoms with Crippen LogP contribution < -0.4 is 0 Å². The molecule has 0 aliphatic rings. The molecule has 0 aliphatic heterocycles. The highest BCUT2D eigenvalue weighted by Crippen LogP contribution is 2.13. The molecule has 0 saturated heterocycles. The highest BCUT2D eigenvalue weighted by molar-refractivity contribution is 5.67. The Balaban J connectivity index is 4.09. The van der Waals surface area contributed by atoms with Crippen LogP contribution in [0, 0.1) is 5.92 Å². The fraction of sp³-hybridized carbons (Fsp3) is 0.929. The second-order valence-corrected chi connectivity index (χ2v) is 5.62. The summed E-state index contributed by atoms with van der Waals surface area (Å²) < 4.78 is 10.7. The van der Waals surface area contributed by atoms with Crippen molar-refractivity contribution in [3.8, 4) is 0 Å². The van der Waals surface area contributed by atoms with E-state index in [1.165, 1.54) is 0 Å². The van der Waals surface area contributed by atoms with Crippen LogP contribution in [0.5, 0.6) is 0 Å². The van der Waals surface area contributed by atoms with Crippen LogP contribution in [-0.4, -0.2) is 43.4 Å². The zero-order chi connectivity index (χ0) is 14.2. The van der Waals surface area contributed by atoms with Crippen LogP contribution >= 0.6 is 0 Å². The molecule has 0 aromatic rings. The lowest BCUT2D eigenvalue weighted by Crippen LogP contribution is -2.37. The van der Waals surface area contributed by atoms with E-state index >= 15 is 0 Å². The van der Waals surface area contributed by atoms with Gasteiger partial charge in [-0.15, -0.1) is 0 Å². The van der Waals surface area contributed by atoms with Gasteiger partial charge in [0.2, 0.25) is 0 Å². The third kappa shape index (κ3) is 8.34. The number of ether oxygens (including phenoxy) is 2. The highest BCUT2D eigenvalue weighted by Gasteiger charge is 2.21. The van der Waals surface area contributed by atoms with E-state index in [4.69, 9.17) is 9.47 Å². The lowest BCUT2D eigenvalue weighted by atomic mass is 10.0. The molecule has 0 radical (unpaired) electrons. The normalized spacial score (nSPS) is 13.2. The van der Waals surface area contributed by atoms with Gasteiger partial charge >= 0.3 is 6.09 Å². The monoisotopic (exact) mass is 259 g/mol.